The Bertz CT molecular complexity index is 399. The number of methoxy groups -OCH3 is 1. The third-order valence-electron chi connectivity index (χ3n) is 3.87. The van der Waals surface area contributed by atoms with E-state index in [4.69, 9.17) is 9.47 Å². The summed E-state index contributed by atoms with van der Waals surface area (Å²) in [6.45, 7) is 4.63. The Kier molecular flexibility index (Phi) is 7.50. The fraction of sp³-hybridized carbons (Fsp3) is 0.625. The van der Waals surface area contributed by atoms with E-state index in [1.165, 1.54) is 0 Å². The molecule has 21 heavy (non-hydrogen) atoms. The average Bonchev–Trinajstić information content (AvgIpc) is 2.55. The van der Waals surface area contributed by atoms with Gasteiger partial charge >= 0.3 is 0 Å². The zero-order valence-electron chi connectivity index (χ0n) is 13.1. The van der Waals surface area contributed by atoms with Crippen LogP contribution in [-0.4, -0.2) is 48.7 Å². The number of aliphatic hydroxyl groups excluding tert-OH is 2. The van der Waals surface area contributed by atoms with Crippen LogP contribution in [0.2, 0.25) is 0 Å². The molecule has 0 saturated carbocycles. The number of ether oxygens (including phenoxy) is 2. The van der Waals surface area contributed by atoms with Gasteiger partial charge in [-0.15, -0.1) is 0 Å². The number of para-hydroxylation sites is 2. The van der Waals surface area contributed by atoms with Crippen LogP contribution in [0.5, 0.6) is 11.5 Å². The van der Waals surface area contributed by atoms with E-state index in [1.807, 2.05) is 32.0 Å². The van der Waals surface area contributed by atoms with Gasteiger partial charge in [0.1, 0.15) is 12.7 Å². The van der Waals surface area contributed by atoms with Crippen molar-refractivity contribution in [1.82, 2.24) is 5.32 Å². The third kappa shape index (κ3) is 5.19. The van der Waals surface area contributed by atoms with Crippen LogP contribution in [0.15, 0.2) is 24.3 Å². The van der Waals surface area contributed by atoms with Gasteiger partial charge in [0, 0.05) is 12.1 Å². The summed E-state index contributed by atoms with van der Waals surface area (Å²) >= 11 is 0. The van der Waals surface area contributed by atoms with Gasteiger partial charge in [0.15, 0.2) is 11.5 Å². The van der Waals surface area contributed by atoms with Crippen molar-refractivity contribution in [2.75, 3.05) is 26.9 Å². The monoisotopic (exact) mass is 297 g/mol. The average molecular weight is 297 g/mol. The molecule has 0 amide bonds. The molecule has 5 heteroatoms. The first kappa shape index (κ1) is 17.8. The Morgan fingerprint density at radius 1 is 1.19 bits per heavy atom. The van der Waals surface area contributed by atoms with Crippen molar-refractivity contribution in [3.8, 4) is 11.5 Å². The number of rotatable bonds is 10. The molecular weight excluding hydrogens is 270 g/mol. The number of benzene rings is 1. The van der Waals surface area contributed by atoms with E-state index in [0.29, 0.717) is 18.0 Å². The van der Waals surface area contributed by atoms with Crippen molar-refractivity contribution in [1.29, 1.82) is 0 Å². The summed E-state index contributed by atoms with van der Waals surface area (Å²) in [5.41, 5.74) is -0.328. The highest BCUT2D eigenvalue weighted by Crippen LogP contribution is 2.25. The van der Waals surface area contributed by atoms with Crippen LogP contribution in [0.1, 0.15) is 26.7 Å². The quantitative estimate of drug-likeness (QED) is 0.611. The normalized spacial score (nSPS) is 13.0. The van der Waals surface area contributed by atoms with Crippen LogP contribution in [0.3, 0.4) is 0 Å². The number of aliphatic hydroxyl groups is 2. The highest BCUT2D eigenvalue weighted by Gasteiger charge is 2.25. The smallest absolute Gasteiger partial charge is 0.161 e. The third-order valence-corrected chi connectivity index (χ3v) is 3.87. The summed E-state index contributed by atoms with van der Waals surface area (Å²) in [6.07, 6.45) is 0.958. The van der Waals surface area contributed by atoms with Crippen molar-refractivity contribution in [2.45, 2.75) is 38.3 Å². The van der Waals surface area contributed by atoms with E-state index in [-0.39, 0.29) is 18.8 Å². The molecule has 1 rings (SSSR count). The zero-order valence-corrected chi connectivity index (χ0v) is 13.1. The van der Waals surface area contributed by atoms with Crippen LogP contribution in [0.25, 0.3) is 0 Å². The van der Waals surface area contributed by atoms with Gasteiger partial charge in [0.25, 0.3) is 0 Å². The van der Waals surface area contributed by atoms with Gasteiger partial charge in [-0.1, -0.05) is 26.0 Å². The molecule has 0 aliphatic heterocycles. The first-order chi connectivity index (χ1) is 10.1. The predicted molar refractivity (Wildman–Crippen MR) is 82.9 cm³/mol. The van der Waals surface area contributed by atoms with Gasteiger partial charge < -0.3 is 25.0 Å². The molecular formula is C16H27NO4. The molecule has 0 aliphatic carbocycles. The van der Waals surface area contributed by atoms with Crippen LogP contribution in [0, 0.1) is 0 Å². The van der Waals surface area contributed by atoms with Gasteiger partial charge in [-0.2, -0.15) is 0 Å². The second-order valence-electron chi connectivity index (χ2n) is 5.14. The molecule has 0 aliphatic rings. The lowest BCUT2D eigenvalue weighted by atomic mass is 9.94. The lowest BCUT2D eigenvalue weighted by Crippen LogP contribution is -2.50. The molecule has 5 nitrogen and oxygen atoms in total. The Balaban J connectivity index is 2.45. The fourth-order valence-electron chi connectivity index (χ4n) is 2.10. The second kappa shape index (κ2) is 8.87. The molecule has 0 bridgehead atoms. The SMILES string of the molecule is CCC(CC)(CO)NCC(O)COc1ccccc1OC. The van der Waals surface area contributed by atoms with Crippen LogP contribution >= 0.6 is 0 Å². The van der Waals surface area contributed by atoms with Crippen molar-refractivity contribution >= 4 is 0 Å². The topological polar surface area (TPSA) is 71.0 Å². The van der Waals surface area contributed by atoms with E-state index < -0.39 is 6.10 Å². The first-order valence-corrected chi connectivity index (χ1v) is 7.40. The second-order valence-corrected chi connectivity index (χ2v) is 5.14. The largest absolute Gasteiger partial charge is 0.493 e. The Morgan fingerprint density at radius 3 is 2.33 bits per heavy atom. The summed E-state index contributed by atoms with van der Waals surface area (Å²) in [5.74, 6) is 1.25. The maximum Gasteiger partial charge on any atom is 0.161 e. The molecule has 1 unspecified atom stereocenters. The standard InChI is InChI=1S/C16H27NO4/c1-4-16(5-2,12-18)17-10-13(19)11-21-15-9-7-6-8-14(15)20-3/h6-9,13,17-19H,4-5,10-12H2,1-3H3. The molecule has 1 aromatic carbocycles. The summed E-state index contributed by atoms with van der Waals surface area (Å²) in [7, 11) is 1.58. The summed E-state index contributed by atoms with van der Waals surface area (Å²) in [4.78, 5) is 0. The maximum atomic E-state index is 10.0. The van der Waals surface area contributed by atoms with E-state index in [2.05, 4.69) is 5.32 Å². The van der Waals surface area contributed by atoms with Crippen LogP contribution in [-0.2, 0) is 0 Å². The fourth-order valence-corrected chi connectivity index (χ4v) is 2.10. The highest BCUT2D eigenvalue weighted by molar-refractivity contribution is 5.39. The van der Waals surface area contributed by atoms with Crippen molar-refractivity contribution < 1.29 is 19.7 Å². The van der Waals surface area contributed by atoms with E-state index in [9.17, 15) is 10.2 Å². The number of nitrogens with one attached hydrogen (secondary N) is 1. The lowest BCUT2D eigenvalue weighted by Gasteiger charge is -2.32. The van der Waals surface area contributed by atoms with Crippen molar-refractivity contribution in [2.24, 2.45) is 0 Å². The minimum absolute atomic E-state index is 0.0556. The van der Waals surface area contributed by atoms with Crippen molar-refractivity contribution in [3.05, 3.63) is 24.3 Å². The Morgan fingerprint density at radius 2 is 1.81 bits per heavy atom. The number of hydrogen-bond donors (Lipinski definition) is 3. The van der Waals surface area contributed by atoms with E-state index in [0.717, 1.165) is 12.8 Å². The van der Waals surface area contributed by atoms with Gasteiger partial charge in [0.2, 0.25) is 0 Å². The molecule has 0 fully saturated rings. The number of β-amino-alcohol motifs (C(OH)–C–C–N with tert-alkyl or cyclic N) is 1. The molecule has 120 valence electrons. The number of hydrogen-bond acceptors (Lipinski definition) is 5. The van der Waals surface area contributed by atoms with Crippen molar-refractivity contribution in [3.63, 3.8) is 0 Å². The highest BCUT2D eigenvalue weighted by atomic mass is 16.5. The van der Waals surface area contributed by atoms with Crippen LogP contribution < -0.4 is 14.8 Å². The molecule has 1 aromatic rings. The Labute approximate surface area is 126 Å². The van der Waals surface area contributed by atoms with Crippen LogP contribution in [0.4, 0.5) is 0 Å². The molecule has 3 N–H and O–H groups in total. The predicted octanol–water partition coefficient (Wildman–Crippen LogP) is 1.58. The molecule has 1 atom stereocenters. The minimum Gasteiger partial charge on any atom is -0.493 e. The van der Waals surface area contributed by atoms with Gasteiger partial charge in [-0.3, -0.25) is 0 Å². The molecule has 0 heterocycles. The van der Waals surface area contributed by atoms with Gasteiger partial charge in [0.05, 0.1) is 13.7 Å². The molecule has 0 spiro atoms. The maximum absolute atomic E-state index is 10.0. The molecule has 0 saturated heterocycles. The van der Waals surface area contributed by atoms with Gasteiger partial charge in [-0.25, -0.2) is 0 Å². The summed E-state index contributed by atoms with van der Waals surface area (Å²) < 4.78 is 10.8. The first-order valence-electron chi connectivity index (χ1n) is 7.40. The Hall–Kier alpha value is -1.30. The summed E-state index contributed by atoms with van der Waals surface area (Å²) in [6, 6.07) is 7.33. The van der Waals surface area contributed by atoms with Gasteiger partial charge in [-0.05, 0) is 25.0 Å². The molecule has 0 radical (unpaired) electrons. The van der Waals surface area contributed by atoms with E-state index in [1.54, 1.807) is 13.2 Å². The minimum atomic E-state index is -0.654. The zero-order chi connectivity index (χ0) is 15.7. The lowest BCUT2D eigenvalue weighted by molar-refractivity contribution is 0.0803. The molecule has 0 aromatic heterocycles. The van der Waals surface area contributed by atoms with E-state index >= 15 is 0 Å². The summed E-state index contributed by atoms with van der Waals surface area (Å²) in [5, 5.41) is 22.7.